The predicted octanol–water partition coefficient (Wildman–Crippen LogP) is 15.5. The van der Waals surface area contributed by atoms with Gasteiger partial charge in [-0.1, -0.05) is 125 Å². The lowest BCUT2D eigenvalue weighted by Crippen LogP contribution is -2.15. The highest BCUT2D eigenvalue weighted by molar-refractivity contribution is 6.19. The molecule has 0 radical (unpaired) electrons. The maximum Gasteiger partial charge on any atom is 0.0159 e. The fourth-order valence-electron chi connectivity index (χ4n) is 11.1. The molecule has 0 saturated heterocycles. The van der Waals surface area contributed by atoms with Crippen molar-refractivity contribution < 1.29 is 0 Å². The van der Waals surface area contributed by atoms with Gasteiger partial charge in [-0.05, 0) is 191 Å². The molecule has 13 rings (SSSR count). The lowest BCUT2D eigenvalue weighted by molar-refractivity contribution is 0.661. The van der Waals surface area contributed by atoms with E-state index in [9.17, 15) is 0 Å². The number of hydrogen-bond donors (Lipinski definition) is 0. The number of rotatable bonds is 0. The van der Waals surface area contributed by atoms with Gasteiger partial charge < -0.3 is 0 Å². The van der Waals surface area contributed by atoms with Crippen molar-refractivity contribution in [3.05, 3.63) is 180 Å². The van der Waals surface area contributed by atoms with Crippen LogP contribution in [0.2, 0.25) is 0 Å². The van der Waals surface area contributed by atoms with Gasteiger partial charge in [-0.3, -0.25) is 0 Å². The first kappa shape index (κ1) is 30.8. The molecule has 0 heterocycles. The molecule has 0 aliphatic heterocycles. The highest BCUT2D eigenvalue weighted by Crippen LogP contribution is 2.55. The minimum absolute atomic E-state index is 0.103. The van der Waals surface area contributed by atoms with Crippen LogP contribution >= 0.6 is 0 Å². The van der Waals surface area contributed by atoms with Gasteiger partial charge in [0.15, 0.2) is 0 Å². The molecule has 0 heteroatoms. The minimum atomic E-state index is -0.103. The molecule has 0 N–H and O–H groups in total. The van der Waals surface area contributed by atoms with Crippen molar-refractivity contribution in [3.63, 3.8) is 0 Å². The summed E-state index contributed by atoms with van der Waals surface area (Å²) in [4.78, 5) is 0. The van der Waals surface area contributed by atoms with Crippen LogP contribution in [-0.2, 0) is 10.8 Å². The predicted molar refractivity (Wildman–Crippen MR) is 242 cm³/mol. The van der Waals surface area contributed by atoms with Crippen molar-refractivity contribution in [2.45, 2.75) is 38.5 Å². The van der Waals surface area contributed by atoms with E-state index in [4.69, 9.17) is 0 Å². The van der Waals surface area contributed by atoms with Crippen LogP contribution in [0.3, 0.4) is 0 Å². The second-order valence-corrected chi connectivity index (χ2v) is 17.7. The van der Waals surface area contributed by atoms with Crippen molar-refractivity contribution in [1.82, 2.24) is 0 Å². The molecule has 0 spiro atoms. The molecule has 11 aromatic rings. The van der Waals surface area contributed by atoms with Crippen molar-refractivity contribution in [2.24, 2.45) is 0 Å². The third kappa shape index (κ3) is 3.84. The molecule has 56 heavy (non-hydrogen) atoms. The van der Waals surface area contributed by atoms with E-state index in [-0.39, 0.29) is 10.8 Å². The third-order valence-corrected chi connectivity index (χ3v) is 14.1. The Morgan fingerprint density at radius 3 is 1.04 bits per heavy atom. The largest absolute Gasteiger partial charge is 0.0616 e. The molecule has 0 bridgehead atoms. The summed E-state index contributed by atoms with van der Waals surface area (Å²) in [6.45, 7) is 9.64. The molecule has 2 aliphatic rings. The van der Waals surface area contributed by atoms with E-state index >= 15 is 0 Å². The molecular weight excluding hydrogens is 673 g/mol. The topological polar surface area (TPSA) is 0 Å². The molecule has 0 fully saturated rings. The molecule has 11 aromatic carbocycles. The zero-order valence-corrected chi connectivity index (χ0v) is 32.0. The Hall–Kier alpha value is -6.50. The minimum Gasteiger partial charge on any atom is -0.0616 e. The summed E-state index contributed by atoms with van der Waals surface area (Å²) in [5, 5.41) is 21.0. The molecular formula is C56H38. The van der Waals surface area contributed by atoms with Crippen LogP contribution in [0.4, 0.5) is 0 Å². The highest BCUT2D eigenvalue weighted by atomic mass is 14.4. The Balaban J connectivity index is 1.02. The quantitative estimate of drug-likeness (QED) is 0.109. The highest BCUT2D eigenvalue weighted by Gasteiger charge is 2.38. The summed E-state index contributed by atoms with van der Waals surface area (Å²) in [7, 11) is 0. The average molecular weight is 711 g/mol. The molecule has 0 atom stereocenters. The second-order valence-electron chi connectivity index (χ2n) is 17.7. The summed E-state index contributed by atoms with van der Waals surface area (Å²) in [5.41, 5.74) is 11.0. The summed E-state index contributed by atoms with van der Waals surface area (Å²) in [6, 6.07) is 60.8. The van der Waals surface area contributed by atoms with E-state index in [1.807, 2.05) is 0 Å². The van der Waals surface area contributed by atoms with E-state index in [0.29, 0.717) is 0 Å². The van der Waals surface area contributed by atoms with Gasteiger partial charge in [-0.25, -0.2) is 0 Å². The van der Waals surface area contributed by atoms with Crippen molar-refractivity contribution in [2.75, 3.05) is 0 Å². The first-order valence-corrected chi connectivity index (χ1v) is 20.1. The zero-order valence-electron chi connectivity index (χ0n) is 32.0. The van der Waals surface area contributed by atoms with Gasteiger partial charge in [0.1, 0.15) is 0 Å². The SMILES string of the molecule is CC1(C)c2cc3cc4cc5c(cc4cc3cc2-c2c1ccc1c2ccc2cc3ccccc3cc21)C(C)(C)c1ccc2c(ccc3cc4ccccc4cc32)c1-5. The number of fused-ring (bicyclic) bond motifs is 18. The van der Waals surface area contributed by atoms with Gasteiger partial charge in [0.2, 0.25) is 0 Å². The standard InChI is InChI=1S/C56H38/c1-55(2)49-19-17-41-43(15-13-35-21-31-9-5-7-11-33(31)25-45(35)41)53(49)47-27-37-24-40-30-52-48(28-38(40)23-39(37)29-51(47)55)54-44-16-14-36-22-32-10-6-8-12-34(32)26-46(36)42(44)18-20-50(54)56(52,3)4/h5-30H,1-4H3. The maximum absolute atomic E-state index is 2.50. The van der Waals surface area contributed by atoms with Crippen LogP contribution in [0.1, 0.15) is 49.9 Å². The molecule has 0 nitrogen and oxygen atoms in total. The monoisotopic (exact) mass is 710 g/mol. The van der Waals surface area contributed by atoms with Gasteiger partial charge in [0.25, 0.3) is 0 Å². The number of hydrogen-bond acceptors (Lipinski definition) is 0. The Morgan fingerprint density at radius 1 is 0.250 bits per heavy atom. The summed E-state index contributed by atoms with van der Waals surface area (Å²) < 4.78 is 0. The molecule has 0 amide bonds. The zero-order chi connectivity index (χ0) is 37.2. The Kier molecular flexibility index (Phi) is 5.62. The van der Waals surface area contributed by atoms with Gasteiger partial charge in [0.05, 0.1) is 0 Å². The average Bonchev–Trinajstić information content (AvgIpc) is 3.57. The van der Waals surface area contributed by atoms with Gasteiger partial charge in [-0.2, -0.15) is 0 Å². The Labute approximate surface area is 325 Å². The van der Waals surface area contributed by atoms with Crippen LogP contribution < -0.4 is 0 Å². The first-order valence-electron chi connectivity index (χ1n) is 20.1. The van der Waals surface area contributed by atoms with Gasteiger partial charge in [-0.15, -0.1) is 0 Å². The lowest BCUT2D eigenvalue weighted by Gasteiger charge is -2.23. The second kappa shape index (κ2) is 10.2. The molecule has 2 aliphatic carbocycles. The van der Waals surface area contributed by atoms with Crippen molar-refractivity contribution >= 4 is 86.2 Å². The van der Waals surface area contributed by atoms with Crippen LogP contribution in [-0.4, -0.2) is 0 Å². The van der Waals surface area contributed by atoms with Crippen molar-refractivity contribution in [1.29, 1.82) is 0 Å². The number of benzene rings is 11. The summed E-state index contributed by atoms with van der Waals surface area (Å²) >= 11 is 0. The lowest BCUT2D eigenvalue weighted by atomic mass is 9.80. The first-order chi connectivity index (χ1) is 27.2. The van der Waals surface area contributed by atoms with Crippen molar-refractivity contribution in [3.8, 4) is 22.3 Å². The Morgan fingerprint density at radius 2 is 0.607 bits per heavy atom. The fourth-order valence-corrected chi connectivity index (χ4v) is 11.1. The van der Waals surface area contributed by atoms with Crippen LogP contribution in [0.15, 0.2) is 158 Å². The summed E-state index contributed by atoms with van der Waals surface area (Å²) in [6.07, 6.45) is 0. The van der Waals surface area contributed by atoms with Crippen LogP contribution in [0.25, 0.3) is 108 Å². The van der Waals surface area contributed by atoms with Gasteiger partial charge >= 0.3 is 0 Å². The van der Waals surface area contributed by atoms with Crippen LogP contribution in [0.5, 0.6) is 0 Å². The van der Waals surface area contributed by atoms with Crippen LogP contribution in [0, 0.1) is 0 Å². The fraction of sp³-hybridized carbons (Fsp3) is 0.107. The smallest absolute Gasteiger partial charge is 0.0159 e. The molecule has 262 valence electrons. The van der Waals surface area contributed by atoms with E-state index < -0.39 is 0 Å². The summed E-state index contributed by atoms with van der Waals surface area (Å²) in [5.74, 6) is 0. The molecule has 0 aromatic heterocycles. The van der Waals surface area contributed by atoms with Gasteiger partial charge in [0, 0.05) is 10.8 Å². The molecule has 0 unspecified atom stereocenters. The maximum atomic E-state index is 2.50. The van der Waals surface area contributed by atoms with E-state index in [1.54, 1.807) is 0 Å². The molecule has 0 saturated carbocycles. The third-order valence-electron chi connectivity index (χ3n) is 14.1. The normalized spacial score (nSPS) is 15.1. The van der Waals surface area contributed by atoms with E-state index in [0.717, 1.165) is 0 Å². The van der Waals surface area contributed by atoms with E-state index in [2.05, 4.69) is 185 Å². The van der Waals surface area contributed by atoms with E-state index in [1.165, 1.54) is 131 Å². The Bertz CT molecular complexity index is 3390.